The summed E-state index contributed by atoms with van der Waals surface area (Å²) in [6.07, 6.45) is 4.17. The second-order valence-electron chi connectivity index (χ2n) is 8.64. The number of likely N-dealkylation sites (N-methyl/N-ethyl adjacent to an activating group) is 1. The van der Waals surface area contributed by atoms with E-state index in [4.69, 9.17) is 20.4 Å². The van der Waals surface area contributed by atoms with Crippen LogP contribution in [0.15, 0.2) is 23.2 Å². The van der Waals surface area contributed by atoms with E-state index in [-0.39, 0.29) is 0 Å². The van der Waals surface area contributed by atoms with Crippen LogP contribution >= 0.6 is 0 Å². The molecule has 1 aliphatic heterocycles. The molecule has 0 amide bonds. The predicted octanol–water partition coefficient (Wildman–Crippen LogP) is 4.21. The fraction of sp³-hybridized carbons (Fsp3) is 0.600. The monoisotopic (exact) mass is 425 g/mol. The number of piperazine rings is 1. The number of anilines is 1. The first kappa shape index (κ1) is 23.6. The van der Waals surface area contributed by atoms with E-state index < -0.39 is 0 Å². The Morgan fingerprint density at radius 1 is 1.19 bits per heavy atom. The predicted molar refractivity (Wildman–Crippen MR) is 132 cm³/mol. The average Bonchev–Trinajstić information content (AvgIpc) is 2.76. The van der Waals surface area contributed by atoms with Crippen molar-refractivity contribution in [3.63, 3.8) is 0 Å². The van der Waals surface area contributed by atoms with Gasteiger partial charge in [-0.05, 0) is 63.9 Å². The number of aryl methyl sites for hydroxylation is 2. The van der Waals surface area contributed by atoms with Crippen molar-refractivity contribution in [1.29, 1.82) is 0 Å². The molecule has 0 saturated carbocycles. The van der Waals surface area contributed by atoms with Gasteiger partial charge in [0, 0.05) is 43.9 Å². The van der Waals surface area contributed by atoms with Gasteiger partial charge < -0.3 is 20.3 Å². The van der Waals surface area contributed by atoms with Crippen molar-refractivity contribution < 1.29 is 4.74 Å². The van der Waals surface area contributed by atoms with E-state index in [0.29, 0.717) is 19.0 Å². The number of hydrogen-bond donors (Lipinski definition) is 1. The molecule has 170 valence electrons. The highest BCUT2D eigenvalue weighted by Gasteiger charge is 2.14. The Morgan fingerprint density at radius 2 is 1.97 bits per heavy atom. The van der Waals surface area contributed by atoms with Crippen LogP contribution in [0.4, 0.5) is 11.5 Å². The van der Waals surface area contributed by atoms with Crippen LogP contribution < -0.4 is 5.73 Å². The Hall–Kier alpha value is -2.02. The molecule has 31 heavy (non-hydrogen) atoms. The number of nitrogens with zero attached hydrogens (tertiary/aromatic N) is 4. The van der Waals surface area contributed by atoms with E-state index in [9.17, 15) is 0 Å². The summed E-state index contributed by atoms with van der Waals surface area (Å²) in [5, 5.41) is 1.13. The molecule has 0 atom stereocenters. The van der Waals surface area contributed by atoms with E-state index in [2.05, 4.69) is 48.9 Å². The number of rotatable bonds is 10. The lowest BCUT2D eigenvalue weighted by Gasteiger charge is -2.32. The largest absolute Gasteiger partial charge is 0.382 e. The number of ether oxygens (including phenoxy) is 1. The lowest BCUT2D eigenvalue weighted by Crippen LogP contribution is -2.44. The van der Waals surface area contributed by atoms with E-state index in [1.165, 1.54) is 38.2 Å². The molecule has 1 aliphatic rings. The molecule has 1 aromatic heterocycles. The average molecular weight is 426 g/mol. The maximum atomic E-state index is 6.35. The van der Waals surface area contributed by atoms with E-state index >= 15 is 0 Å². The van der Waals surface area contributed by atoms with Gasteiger partial charge in [0.1, 0.15) is 11.5 Å². The summed E-state index contributed by atoms with van der Waals surface area (Å²) >= 11 is 0. The van der Waals surface area contributed by atoms with Gasteiger partial charge in [0.2, 0.25) is 0 Å². The van der Waals surface area contributed by atoms with Crippen LogP contribution in [0, 0.1) is 6.92 Å². The molecule has 0 radical (unpaired) electrons. The zero-order chi connectivity index (χ0) is 22.2. The standard InChI is InChI=1S/C25H39N5O/c1-5-8-21(18-31-6-2)27-24-19(3)22-11-10-20(17-23(22)28-25(24)26)9-7-12-30-15-13-29(4)14-16-30/h10-11,17H,5-9,12-16,18H2,1-4H3,(H2,26,28). The Balaban J connectivity index is 1.72. The van der Waals surface area contributed by atoms with Gasteiger partial charge in [-0.25, -0.2) is 4.98 Å². The summed E-state index contributed by atoms with van der Waals surface area (Å²) in [5.41, 5.74) is 11.6. The van der Waals surface area contributed by atoms with Crippen molar-refractivity contribution in [2.75, 3.05) is 58.7 Å². The molecule has 0 bridgehead atoms. The van der Waals surface area contributed by atoms with Crippen LogP contribution in [-0.4, -0.2) is 73.5 Å². The minimum Gasteiger partial charge on any atom is -0.382 e. The molecule has 3 rings (SSSR count). The first-order chi connectivity index (χ1) is 15.0. The Kier molecular flexibility index (Phi) is 8.81. The second kappa shape index (κ2) is 11.6. The van der Waals surface area contributed by atoms with Crippen molar-refractivity contribution in [2.24, 2.45) is 4.99 Å². The molecule has 1 saturated heterocycles. The fourth-order valence-electron chi connectivity index (χ4n) is 4.19. The smallest absolute Gasteiger partial charge is 0.150 e. The van der Waals surface area contributed by atoms with E-state index in [0.717, 1.165) is 53.7 Å². The first-order valence-corrected chi connectivity index (χ1v) is 11.8. The van der Waals surface area contributed by atoms with Crippen LogP contribution in [0.25, 0.3) is 10.9 Å². The van der Waals surface area contributed by atoms with Gasteiger partial charge in [0.05, 0.1) is 12.1 Å². The van der Waals surface area contributed by atoms with Gasteiger partial charge >= 0.3 is 0 Å². The number of hydrogen-bond acceptors (Lipinski definition) is 6. The highest BCUT2D eigenvalue weighted by atomic mass is 16.5. The summed E-state index contributed by atoms with van der Waals surface area (Å²) in [5.74, 6) is 0.504. The van der Waals surface area contributed by atoms with Crippen molar-refractivity contribution in [3.8, 4) is 0 Å². The molecule has 0 unspecified atom stereocenters. The fourth-order valence-corrected chi connectivity index (χ4v) is 4.19. The zero-order valence-corrected chi connectivity index (χ0v) is 19.8. The Bertz CT molecular complexity index is 887. The third kappa shape index (κ3) is 6.48. The van der Waals surface area contributed by atoms with E-state index in [1.54, 1.807) is 0 Å². The SMILES string of the molecule is CCCC(COCC)=Nc1c(N)nc2cc(CCCN3CCN(C)CC3)ccc2c1C. The molecule has 2 N–H and O–H groups in total. The van der Waals surface area contributed by atoms with Crippen molar-refractivity contribution in [2.45, 2.75) is 46.5 Å². The molecular weight excluding hydrogens is 386 g/mol. The van der Waals surface area contributed by atoms with Crippen molar-refractivity contribution >= 4 is 28.1 Å². The zero-order valence-electron chi connectivity index (χ0n) is 19.8. The van der Waals surface area contributed by atoms with Gasteiger partial charge in [-0.15, -0.1) is 0 Å². The molecule has 6 heteroatoms. The molecule has 1 aromatic carbocycles. The van der Waals surface area contributed by atoms with Crippen LogP contribution in [0.2, 0.25) is 0 Å². The van der Waals surface area contributed by atoms with Crippen LogP contribution in [-0.2, 0) is 11.2 Å². The summed E-state index contributed by atoms with van der Waals surface area (Å²) in [4.78, 5) is 14.5. The second-order valence-corrected chi connectivity index (χ2v) is 8.64. The van der Waals surface area contributed by atoms with Crippen molar-refractivity contribution in [3.05, 3.63) is 29.3 Å². The van der Waals surface area contributed by atoms with Crippen LogP contribution in [0.1, 0.15) is 44.2 Å². The lowest BCUT2D eigenvalue weighted by atomic mass is 10.0. The number of nitrogens with two attached hydrogens (primary N) is 1. The van der Waals surface area contributed by atoms with Gasteiger partial charge in [-0.2, -0.15) is 0 Å². The summed E-state index contributed by atoms with van der Waals surface area (Å²) in [7, 11) is 2.20. The van der Waals surface area contributed by atoms with Gasteiger partial charge in [-0.3, -0.25) is 4.99 Å². The first-order valence-electron chi connectivity index (χ1n) is 11.8. The minimum atomic E-state index is 0.504. The Labute approximate surface area is 187 Å². The normalized spacial score (nSPS) is 16.3. The summed E-state index contributed by atoms with van der Waals surface area (Å²) < 4.78 is 5.59. The molecule has 0 spiro atoms. The number of aromatic nitrogens is 1. The van der Waals surface area contributed by atoms with Gasteiger partial charge in [0.15, 0.2) is 0 Å². The maximum Gasteiger partial charge on any atom is 0.150 e. The van der Waals surface area contributed by atoms with E-state index in [1.807, 2.05) is 6.92 Å². The van der Waals surface area contributed by atoms with Crippen molar-refractivity contribution in [1.82, 2.24) is 14.8 Å². The lowest BCUT2D eigenvalue weighted by molar-refractivity contribution is 0.153. The quantitative estimate of drug-likeness (QED) is 0.578. The third-order valence-electron chi connectivity index (χ3n) is 6.12. The number of aliphatic imine (C=N–C) groups is 1. The highest BCUT2D eigenvalue weighted by Crippen LogP contribution is 2.32. The van der Waals surface area contributed by atoms with Crippen LogP contribution in [0.3, 0.4) is 0 Å². The molecule has 2 heterocycles. The summed E-state index contributed by atoms with van der Waals surface area (Å²) in [6, 6.07) is 6.62. The Morgan fingerprint density at radius 3 is 2.68 bits per heavy atom. The summed E-state index contributed by atoms with van der Waals surface area (Å²) in [6.45, 7) is 13.4. The molecule has 2 aromatic rings. The number of pyridine rings is 1. The number of nitrogen functional groups attached to an aromatic ring is 1. The molecule has 1 fully saturated rings. The maximum absolute atomic E-state index is 6.35. The van der Waals surface area contributed by atoms with Gasteiger partial charge in [0.25, 0.3) is 0 Å². The molecular formula is C25H39N5O. The number of fused-ring (bicyclic) bond motifs is 1. The molecule has 6 nitrogen and oxygen atoms in total. The van der Waals surface area contributed by atoms with Crippen LogP contribution in [0.5, 0.6) is 0 Å². The number of benzene rings is 1. The minimum absolute atomic E-state index is 0.504. The molecule has 0 aliphatic carbocycles. The topological polar surface area (TPSA) is 67.0 Å². The van der Waals surface area contributed by atoms with Gasteiger partial charge in [-0.1, -0.05) is 25.5 Å². The third-order valence-corrected chi connectivity index (χ3v) is 6.12. The highest BCUT2D eigenvalue weighted by molar-refractivity contribution is 5.94.